The van der Waals surface area contributed by atoms with E-state index in [0.29, 0.717) is 0 Å². The van der Waals surface area contributed by atoms with Gasteiger partial charge in [-0.25, -0.2) is 0 Å². The normalized spacial score (nSPS) is 28.4. The molecule has 1 aromatic carbocycles. The molecule has 1 fully saturated rings. The number of likely N-dealkylation sites (N-methyl/N-ethyl adjacent to an activating group) is 1. The lowest BCUT2D eigenvalue weighted by molar-refractivity contribution is 0.00360. The van der Waals surface area contributed by atoms with Gasteiger partial charge in [-0.2, -0.15) is 0 Å². The predicted octanol–water partition coefficient (Wildman–Crippen LogP) is 3.25. The van der Waals surface area contributed by atoms with Crippen LogP contribution in [0.25, 0.3) is 0 Å². The highest BCUT2D eigenvalue weighted by molar-refractivity contribution is 5.47. The summed E-state index contributed by atoms with van der Waals surface area (Å²) in [5, 5.41) is 0. The Hall–Kier alpha value is -1.26. The average molecular weight is 335 g/mol. The Morgan fingerprint density at radius 1 is 1.04 bits per heavy atom. The number of hydrogen-bond donors (Lipinski definition) is 0. The number of nitrogens with zero attached hydrogens (tertiary/aromatic N) is 2. The standard InChI is InChI=1S/C20H34N2O2/c1-18(2,21(5)6)20(4)14-22(7)13-19(20,3)15-10-11-16(23-8)17(12-15)24-9/h10-12H,13-14H2,1-9H3. The van der Waals surface area contributed by atoms with Crippen molar-refractivity contribution in [2.75, 3.05) is 48.5 Å². The molecule has 24 heavy (non-hydrogen) atoms. The van der Waals surface area contributed by atoms with Crippen LogP contribution in [-0.2, 0) is 5.41 Å². The van der Waals surface area contributed by atoms with Crippen LogP contribution in [0.3, 0.4) is 0 Å². The fourth-order valence-corrected chi connectivity index (χ4v) is 4.44. The first-order valence-electron chi connectivity index (χ1n) is 8.62. The summed E-state index contributed by atoms with van der Waals surface area (Å²) in [5.74, 6) is 1.58. The zero-order valence-corrected chi connectivity index (χ0v) is 16.9. The lowest BCUT2D eigenvalue weighted by atomic mass is 9.55. The smallest absolute Gasteiger partial charge is 0.161 e. The second-order valence-corrected chi connectivity index (χ2v) is 8.36. The molecule has 0 bridgehead atoms. The number of methoxy groups -OCH3 is 2. The van der Waals surface area contributed by atoms with E-state index < -0.39 is 0 Å². The van der Waals surface area contributed by atoms with E-state index in [2.05, 4.69) is 70.8 Å². The summed E-state index contributed by atoms with van der Waals surface area (Å²) >= 11 is 0. The molecule has 136 valence electrons. The Labute approximate surface area is 147 Å². The minimum Gasteiger partial charge on any atom is -0.493 e. The van der Waals surface area contributed by atoms with Gasteiger partial charge in [-0.3, -0.25) is 0 Å². The van der Waals surface area contributed by atoms with E-state index in [-0.39, 0.29) is 16.4 Å². The number of likely N-dealkylation sites (tertiary alicyclic amines) is 1. The SMILES string of the molecule is COc1ccc(C2(C)CN(C)CC2(C)C(C)(C)N(C)C)cc1OC. The van der Waals surface area contributed by atoms with Gasteiger partial charge in [0, 0.05) is 29.5 Å². The Morgan fingerprint density at radius 2 is 1.62 bits per heavy atom. The van der Waals surface area contributed by atoms with Crippen molar-refractivity contribution in [2.24, 2.45) is 5.41 Å². The van der Waals surface area contributed by atoms with Crippen LogP contribution in [0, 0.1) is 5.41 Å². The van der Waals surface area contributed by atoms with Crippen molar-refractivity contribution in [1.82, 2.24) is 9.80 Å². The molecule has 1 aliphatic heterocycles. The largest absolute Gasteiger partial charge is 0.493 e. The molecular formula is C20H34N2O2. The van der Waals surface area contributed by atoms with Crippen molar-refractivity contribution >= 4 is 0 Å². The monoisotopic (exact) mass is 334 g/mol. The van der Waals surface area contributed by atoms with Gasteiger partial charge in [0.25, 0.3) is 0 Å². The van der Waals surface area contributed by atoms with Crippen molar-refractivity contribution in [2.45, 2.75) is 38.6 Å². The number of ether oxygens (including phenoxy) is 2. The van der Waals surface area contributed by atoms with E-state index >= 15 is 0 Å². The van der Waals surface area contributed by atoms with E-state index in [9.17, 15) is 0 Å². The highest BCUT2D eigenvalue weighted by Gasteiger charge is 2.59. The van der Waals surface area contributed by atoms with Gasteiger partial charge in [-0.15, -0.1) is 0 Å². The van der Waals surface area contributed by atoms with Gasteiger partial charge in [-0.1, -0.05) is 19.9 Å². The molecular weight excluding hydrogens is 300 g/mol. The quantitative estimate of drug-likeness (QED) is 0.825. The maximum absolute atomic E-state index is 5.56. The van der Waals surface area contributed by atoms with Crippen LogP contribution in [-0.4, -0.2) is 63.8 Å². The fraction of sp³-hybridized carbons (Fsp3) is 0.700. The Balaban J connectivity index is 2.61. The Kier molecular flexibility index (Phi) is 4.95. The third-order valence-electron chi connectivity index (χ3n) is 6.88. The van der Waals surface area contributed by atoms with E-state index in [1.807, 2.05) is 6.07 Å². The molecule has 4 heteroatoms. The second-order valence-electron chi connectivity index (χ2n) is 8.36. The summed E-state index contributed by atoms with van der Waals surface area (Å²) in [6.07, 6.45) is 0. The molecule has 2 atom stereocenters. The molecule has 1 aromatic rings. The van der Waals surface area contributed by atoms with Crippen molar-refractivity contribution in [3.8, 4) is 11.5 Å². The Bertz CT molecular complexity index is 599. The number of hydrogen-bond acceptors (Lipinski definition) is 4. The first-order valence-corrected chi connectivity index (χ1v) is 8.62. The molecule has 2 rings (SSSR count). The summed E-state index contributed by atoms with van der Waals surface area (Å²) in [4.78, 5) is 4.80. The van der Waals surface area contributed by atoms with Crippen molar-refractivity contribution in [3.05, 3.63) is 23.8 Å². The van der Waals surface area contributed by atoms with Crippen LogP contribution in [0.2, 0.25) is 0 Å². The summed E-state index contributed by atoms with van der Waals surface area (Å²) in [7, 11) is 9.96. The van der Waals surface area contributed by atoms with Gasteiger partial charge >= 0.3 is 0 Å². The van der Waals surface area contributed by atoms with E-state index in [1.165, 1.54) is 5.56 Å². The molecule has 1 saturated heterocycles. The van der Waals surface area contributed by atoms with Crippen LogP contribution in [0.15, 0.2) is 18.2 Å². The van der Waals surface area contributed by atoms with Crippen molar-refractivity contribution in [3.63, 3.8) is 0 Å². The minimum absolute atomic E-state index is 0.00900. The second kappa shape index (κ2) is 6.23. The number of benzene rings is 1. The zero-order chi connectivity index (χ0) is 18.3. The molecule has 1 heterocycles. The molecule has 1 aliphatic rings. The van der Waals surface area contributed by atoms with Crippen LogP contribution in [0.4, 0.5) is 0 Å². The van der Waals surface area contributed by atoms with Crippen LogP contribution in [0.1, 0.15) is 33.3 Å². The summed E-state index contributed by atoms with van der Waals surface area (Å²) in [6.45, 7) is 11.6. The summed E-state index contributed by atoms with van der Waals surface area (Å²) in [5.41, 5.74) is 1.44. The highest BCUT2D eigenvalue weighted by atomic mass is 16.5. The predicted molar refractivity (Wildman–Crippen MR) is 100 cm³/mol. The van der Waals surface area contributed by atoms with Gasteiger partial charge < -0.3 is 19.3 Å². The zero-order valence-electron chi connectivity index (χ0n) is 16.9. The van der Waals surface area contributed by atoms with Crippen molar-refractivity contribution < 1.29 is 9.47 Å². The first kappa shape index (κ1) is 19.1. The third-order valence-corrected chi connectivity index (χ3v) is 6.88. The van der Waals surface area contributed by atoms with Gasteiger partial charge in [0.05, 0.1) is 14.2 Å². The lowest BCUT2D eigenvalue weighted by Gasteiger charge is -2.54. The van der Waals surface area contributed by atoms with Crippen LogP contribution < -0.4 is 9.47 Å². The van der Waals surface area contributed by atoms with E-state index in [1.54, 1.807) is 14.2 Å². The lowest BCUT2D eigenvalue weighted by Crippen LogP contribution is -2.60. The minimum atomic E-state index is 0.00900. The van der Waals surface area contributed by atoms with Crippen molar-refractivity contribution in [1.29, 1.82) is 0 Å². The average Bonchev–Trinajstić information content (AvgIpc) is 2.77. The first-order chi connectivity index (χ1) is 11.0. The molecule has 0 N–H and O–H groups in total. The summed E-state index contributed by atoms with van der Waals surface area (Å²) in [6, 6.07) is 6.38. The molecule has 0 saturated carbocycles. The fourth-order valence-electron chi connectivity index (χ4n) is 4.44. The van der Waals surface area contributed by atoms with E-state index in [0.717, 1.165) is 24.6 Å². The Morgan fingerprint density at radius 3 is 2.12 bits per heavy atom. The molecule has 0 aromatic heterocycles. The van der Waals surface area contributed by atoms with Gasteiger partial charge in [0.15, 0.2) is 11.5 Å². The van der Waals surface area contributed by atoms with E-state index in [4.69, 9.17) is 9.47 Å². The topological polar surface area (TPSA) is 24.9 Å². The van der Waals surface area contributed by atoms with Gasteiger partial charge in [-0.05, 0) is 52.7 Å². The highest BCUT2D eigenvalue weighted by Crippen LogP contribution is 2.55. The molecule has 0 aliphatic carbocycles. The maximum Gasteiger partial charge on any atom is 0.161 e. The molecule has 0 spiro atoms. The molecule has 4 nitrogen and oxygen atoms in total. The maximum atomic E-state index is 5.56. The van der Waals surface area contributed by atoms with Gasteiger partial charge in [0.1, 0.15) is 0 Å². The number of rotatable bonds is 5. The van der Waals surface area contributed by atoms with Crippen LogP contribution >= 0.6 is 0 Å². The molecule has 2 unspecified atom stereocenters. The third kappa shape index (κ3) is 2.60. The molecule has 0 radical (unpaired) electrons. The van der Waals surface area contributed by atoms with Gasteiger partial charge in [0.2, 0.25) is 0 Å². The summed E-state index contributed by atoms with van der Waals surface area (Å²) < 4.78 is 11.0. The molecule has 0 amide bonds. The van der Waals surface area contributed by atoms with Crippen LogP contribution in [0.5, 0.6) is 11.5 Å².